The standard InChI is InChI=1S/C24H38N6O2/c1-6-25-24(27-14-23-26-8-10-30(23)15-18(2)3)28-20-7-9-29(17-20)16-19-11-21(31-4)13-22(12-19)32-5/h8,10-13,18,20H,6-7,9,14-17H2,1-5H3,(H2,25,27,28). The minimum Gasteiger partial charge on any atom is -0.497 e. The lowest BCUT2D eigenvalue weighted by molar-refractivity contribution is 0.321. The van der Waals surface area contributed by atoms with E-state index >= 15 is 0 Å². The number of benzene rings is 1. The average molecular weight is 443 g/mol. The van der Waals surface area contributed by atoms with Crippen LogP contribution < -0.4 is 20.1 Å². The number of aliphatic imine (C=N–C) groups is 1. The molecule has 0 saturated carbocycles. The highest BCUT2D eigenvalue weighted by Gasteiger charge is 2.23. The monoisotopic (exact) mass is 442 g/mol. The molecule has 8 heteroatoms. The Balaban J connectivity index is 1.57. The van der Waals surface area contributed by atoms with Gasteiger partial charge in [-0.2, -0.15) is 0 Å². The topological polar surface area (TPSA) is 75.9 Å². The molecule has 1 unspecified atom stereocenters. The molecule has 1 aliphatic rings. The molecule has 0 radical (unpaired) electrons. The van der Waals surface area contributed by atoms with E-state index in [1.807, 2.05) is 18.5 Å². The number of guanidine groups is 1. The maximum absolute atomic E-state index is 5.41. The molecule has 8 nitrogen and oxygen atoms in total. The number of aromatic nitrogens is 2. The molecular weight excluding hydrogens is 404 g/mol. The summed E-state index contributed by atoms with van der Waals surface area (Å²) in [4.78, 5) is 11.7. The number of methoxy groups -OCH3 is 2. The first-order chi connectivity index (χ1) is 15.5. The summed E-state index contributed by atoms with van der Waals surface area (Å²) >= 11 is 0. The summed E-state index contributed by atoms with van der Waals surface area (Å²) in [6.07, 6.45) is 4.97. The van der Waals surface area contributed by atoms with Crippen molar-refractivity contribution < 1.29 is 9.47 Å². The van der Waals surface area contributed by atoms with E-state index in [0.29, 0.717) is 18.5 Å². The maximum atomic E-state index is 5.41. The molecule has 0 amide bonds. The fourth-order valence-electron chi connectivity index (χ4n) is 4.02. The number of hydrogen-bond donors (Lipinski definition) is 2. The van der Waals surface area contributed by atoms with Crippen LogP contribution >= 0.6 is 0 Å². The van der Waals surface area contributed by atoms with E-state index < -0.39 is 0 Å². The van der Waals surface area contributed by atoms with E-state index in [4.69, 9.17) is 14.5 Å². The fraction of sp³-hybridized carbons (Fsp3) is 0.583. The molecule has 0 aliphatic carbocycles. The Morgan fingerprint density at radius 1 is 1.22 bits per heavy atom. The van der Waals surface area contributed by atoms with Gasteiger partial charge in [-0.05, 0) is 37.0 Å². The second kappa shape index (κ2) is 11.8. The van der Waals surface area contributed by atoms with Crippen LogP contribution in [0.15, 0.2) is 35.6 Å². The molecular formula is C24H38N6O2. The van der Waals surface area contributed by atoms with Gasteiger partial charge in [-0.3, -0.25) is 4.90 Å². The van der Waals surface area contributed by atoms with E-state index in [0.717, 1.165) is 62.4 Å². The van der Waals surface area contributed by atoms with E-state index in [1.165, 1.54) is 5.56 Å². The number of imidazole rings is 1. The summed E-state index contributed by atoms with van der Waals surface area (Å²) in [5.74, 6) is 4.07. The van der Waals surface area contributed by atoms with Gasteiger partial charge in [0.25, 0.3) is 0 Å². The van der Waals surface area contributed by atoms with Crippen molar-refractivity contribution in [3.8, 4) is 11.5 Å². The fourth-order valence-corrected chi connectivity index (χ4v) is 4.02. The average Bonchev–Trinajstić information content (AvgIpc) is 3.40. The van der Waals surface area contributed by atoms with Gasteiger partial charge in [-0.15, -0.1) is 0 Å². The first-order valence-corrected chi connectivity index (χ1v) is 11.5. The molecule has 2 heterocycles. The lowest BCUT2D eigenvalue weighted by Gasteiger charge is -2.19. The number of likely N-dealkylation sites (tertiary alicyclic amines) is 1. The predicted molar refractivity (Wildman–Crippen MR) is 128 cm³/mol. The zero-order valence-electron chi connectivity index (χ0n) is 20.1. The summed E-state index contributed by atoms with van der Waals surface area (Å²) in [6.45, 7) is 11.7. The molecule has 3 rings (SSSR count). The van der Waals surface area contributed by atoms with Crippen molar-refractivity contribution >= 4 is 5.96 Å². The van der Waals surface area contributed by atoms with Crippen LogP contribution in [-0.4, -0.2) is 60.3 Å². The maximum Gasteiger partial charge on any atom is 0.191 e. The third kappa shape index (κ3) is 6.88. The number of nitrogens with one attached hydrogen (secondary N) is 2. The van der Waals surface area contributed by atoms with Crippen LogP contribution in [0.25, 0.3) is 0 Å². The summed E-state index contributed by atoms with van der Waals surface area (Å²) in [5, 5.41) is 6.99. The number of hydrogen-bond acceptors (Lipinski definition) is 5. The van der Waals surface area contributed by atoms with Gasteiger partial charge in [0.2, 0.25) is 0 Å². The molecule has 0 spiro atoms. The Hall–Kier alpha value is -2.74. The summed E-state index contributed by atoms with van der Waals surface area (Å²) in [6, 6.07) is 6.42. The normalized spacial score (nSPS) is 17.1. The van der Waals surface area contributed by atoms with Crippen LogP contribution in [-0.2, 0) is 19.6 Å². The zero-order valence-corrected chi connectivity index (χ0v) is 20.1. The van der Waals surface area contributed by atoms with E-state index in [9.17, 15) is 0 Å². The van der Waals surface area contributed by atoms with E-state index in [2.05, 4.69) is 58.0 Å². The molecule has 176 valence electrons. The summed E-state index contributed by atoms with van der Waals surface area (Å²) < 4.78 is 13.0. The molecule has 32 heavy (non-hydrogen) atoms. The lowest BCUT2D eigenvalue weighted by atomic mass is 10.2. The Morgan fingerprint density at radius 3 is 2.62 bits per heavy atom. The van der Waals surface area contributed by atoms with Crippen LogP contribution in [0.2, 0.25) is 0 Å². The largest absolute Gasteiger partial charge is 0.497 e. The van der Waals surface area contributed by atoms with Gasteiger partial charge in [-0.25, -0.2) is 9.98 Å². The Morgan fingerprint density at radius 2 is 1.97 bits per heavy atom. The van der Waals surface area contributed by atoms with Crippen molar-refractivity contribution in [2.75, 3.05) is 33.9 Å². The first-order valence-electron chi connectivity index (χ1n) is 11.5. The van der Waals surface area contributed by atoms with Gasteiger partial charge in [-0.1, -0.05) is 13.8 Å². The molecule has 1 atom stereocenters. The molecule has 1 aromatic carbocycles. The van der Waals surface area contributed by atoms with Gasteiger partial charge >= 0.3 is 0 Å². The van der Waals surface area contributed by atoms with E-state index in [1.54, 1.807) is 14.2 Å². The highest BCUT2D eigenvalue weighted by Crippen LogP contribution is 2.24. The number of rotatable bonds is 10. The van der Waals surface area contributed by atoms with Crippen LogP contribution in [0.3, 0.4) is 0 Å². The third-order valence-corrected chi connectivity index (χ3v) is 5.52. The molecule has 1 fully saturated rings. The first kappa shape index (κ1) is 23.9. The number of nitrogens with zero attached hydrogens (tertiary/aromatic N) is 4. The van der Waals surface area contributed by atoms with Crippen molar-refractivity contribution in [3.05, 3.63) is 42.0 Å². The zero-order chi connectivity index (χ0) is 22.9. The summed E-state index contributed by atoms with van der Waals surface area (Å²) in [5.41, 5.74) is 1.19. The smallest absolute Gasteiger partial charge is 0.191 e. The molecule has 1 aliphatic heterocycles. The van der Waals surface area contributed by atoms with Crippen molar-refractivity contribution in [2.24, 2.45) is 10.9 Å². The SMILES string of the molecule is CCNC(=NCc1nccn1CC(C)C)NC1CCN(Cc2cc(OC)cc(OC)c2)C1. The second-order valence-corrected chi connectivity index (χ2v) is 8.67. The van der Waals surface area contributed by atoms with Gasteiger partial charge < -0.3 is 24.7 Å². The summed E-state index contributed by atoms with van der Waals surface area (Å²) in [7, 11) is 3.37. The minimum atomic E-state index is 0.357. The minimum absolute atomic E-state index is 0.357. The molecule has 0 bridgehead atoms. The second-order valence-electron chi connectivity index (χ2n) is 8.67. The van der Waals surface area contributed by atoms with Crippen LogP contribution in [0.1, 0.15) is 38.6 Å². The molecule has 1 aromatic heterocycles. The molecule has 2 N–H and O–H groups in total. The van der Waals surface area contributed by atoms with E-state index in [-0.39, 0.29) is 0 Å². The third-order valence-electron chi connectivity index (χ3n) is 5.52. The van der Waals surface area contributed by atoms with Crippen LogP contribution in [0, 0.1) is 5.92 Å². The van der Waals surface area contributed by atoms with Gasteiger partial charge in [0.1, 0.15) is 23.9 Å². The van der Waals surface area contributed by atoms with Gasteiger partial charge in [0, 0.05) is 57.2 Å². The highest BCUT2D eigenvalue weighted by molar-refractivity contribution is 5.80. The predicted octanol–water partition coefficient (Wildman–Crippen LogP) is 2.89. The Kier molecular flexibility index (Phi) is 8.79. The quantitative estimate of drug-likeness (QED) is 0.435. The highest BCUT2D eigenvalue weighted by atomic mass is 16.5. The van der Waals surface area contributed by atoms with Crippen molar-refractivity contribution in [2.45, 2.75) is 52.9 Å². The van der Waals surface area contributed by atoms with Gasteiger partial charge in [0.05, 0.1) is 14.2 Å². The van der Waals surface area contributed by atoms with Crippen molar-refractivity contribution in [3.63, 3.8) is 0 Å². The van der Waals surface area contributed by atoms with Crippen LogP contribution in [0.4, 0.5) is 0 Å². The van der Waals surface area contributed by atoms with Crippen LogP contribution in [0.5, 0.6) is 11.5 Å². The van der Waals surface area contributed by atoms with Gasteiger partial charge in [0.15, 0.2) is 5.96 Å². The number of ether oxygens (including phenoxy) is 2. The van der Waals surface area contributed by atoms with Crippen molar-refractivity contribution in [1.29, 1.82) is 0 Å². The molecule has 2 aromatic rings. The van der Waals surface area contributed by atoms with Crippen molar-refractivity contribution in [1.82, 2.24) is 25.1 Å². The Labute approximate surface area is 192 Å². The Bertz CT molecular complexity index is 857. The molecule has 1 saturated heterocycles. The lowest BCUT2D eigenvalue weighted by Crippen LogP contribution is -2.44.